The summed E-state index contributed by atoms with van der Waals surface area (Å²) in [7, 11) is -3.63. The molecule has 2 rings (SSSR count). The van der Waals surface area contributed by atoms with Crippen molar-refractivity contribution in [1.82, 2.24) is 4.31 Å². The molecule has 0 radical (unpaired) electrons. The number of rotatable bonds is 6. The molecule has 6 nitrogen and oxygen atoms in total. The highest BCUT2D eigenvalue weighted by molar-refractivity contribution is 7.89. The van der Waals surface area contributed by atoms with Crippen LogP contribution < -0.4 is 0 Å². The number of piperidine rings is 1. The van der Waals surface area contributed by atoms with Crippen molar-refractivity contribution >= 4 is 27.6 Å². The van der Waals surface area contributed by atoms with Gasteiger partial charge in [0.15, 0.2) is 0 Å². The molecule has 1 heterocycles. The molecule has 0 bridgehead atoms. The summed E-state index contributed by atoms with van der Waals surface area (Å²) < 4.78 is 31.9. The van der Waals surface area contributed by atoms with Gasteiger partial charge in [-0.2, -0.15) is 4.31 Å². The predicted molar refractivity (Wildman–Crippen MR) is 81.4 cm³/mol. The van der Waals surface area contributed by atoms with Crippen molar-refractivity contribution < 1.29 is 23.1 Å². The van der Waals surface area contributed by atoms with Gasteiger partial charge < -0.3 is 9.84 Å². The lowest BCUT2D eigenvalue weighted by atomic mass is 10.1. The number of hydrogen-bond acceptors (Lipinski definition) is 4. The summed E-state index contributed by atoms with van der Waals surface area (Å²) in [5.41, 5.74) is 0. The second kappa shape index (κ2) is 7.41. The van der Waals surface area contributed by atoms with Gasteiger partial charge in [0, 0.05) is 17.6 Å². The molecular formula is C14H18ClNO5S. The molecule has 1 aromatic rings. The number of halogens is 1. The number of sulfonamides is 1. The molecule has 0 spiro atoms. The molecule has 8 heteroatoms. The van der Waals surface area contributed by atoms with E-state index in [4.69, 9.17) is 21.4 Å². The minimum atomic E-state index is -3.63. The zero-order chi connectivity index (χ0) is 16.2. The average molecular weight is 348 g/mol. The van der Waals surface area contributed by atoms with E-state index in [-0.39, 0.29) is 17.5 Å². The van der Waals surface area contributed by atoms with Gasteiger partial charge >= 0.3 is 5.97 Å². The Kier molecular flexibility index (Phi) is 5.80. The third kappa shape index (κ3) is 4.19. The molecule has 1 fully saturated rings. The topological polar surface area (TPSA) is 83.9 Å². The van der Waals surface area contributed by atoms with E-state index in [1.165, 1.54) is 28.6 Å². The van der Waals surface area contributed by atoms with E-state index in [1.54, 1.807) is 0 Å². The third-order valence-corrected chi connectivity index (χ3v) is 5.75. The second-order valence-corrected chi connectivity index (χ2v) is 7.46. The van der Waals surface area contributed by atoms with E-state index in [0.29, 0.717) is 18.0 Å². The van der Waals surface area contributed by atoms with Crippen LogP contribution >= 0.6 is 11.6 Å². The lowest BCUT2D eigenvalue weighted by molar-refractivity contribution is -0.142. The van der Waals surface area contributed by atoms with E-state index in [1.807, 2.05) is 0 Å². The number of ether oxygens (including phenoxy) is 1. The van der Waals surface area contributed by atoms with Crippen LogP contribution in [0, 0.1) is 0 Å². The quantitative estimate of drug-likeness (QED) is 0.850. The van der Waals surface area contributed by atoms with E-state index >= 15 is 0 Å². The lowest BCUT2D eigenvalue weighted by Crippen LogP contribution is -2.46. The van der Waals surface area contributed by atoms with Crippen LogP contribution in [-0.4, -0.2) is 49.6 Å². The average Bonchev–Trinajstić information content (AvgIpc) is 2.48. The zero-order valence-electron chi connectivity index (χ0n) is 11.9. The molecule has 1 aliphatic heterocycles. The van der Waals surface area contributed by atoms with Gasteiger partial charge in [0.1, 0.15) is 6.61 Å². The van der Waals surface area contributed by atoms with Crippen LogP contribution in [0.25, 0.3) is 0 Å². The molecule has 1 atom stereocenters. The summed E-state index contributed by atoms with van der Waals surface area (Å²) in [4.78, 5) is 10.7. The van der Waals surface area contributed by atoms with Crippen LogP contribution in [-0.2, 0) is 19.6 Å². The SMILES string of the molecule is O=C(O)COCC1CCCCN1S(=O)(=O)c1ccc(Cl)cc1. The molecule has 1 N–H and O–H groups in total. The van der Waals surface area contributed by atoms with Gasteiger partial charge in [-0.1, -0.05) is 18.0 Å². The fourth-order valence-electron chi connectivity index (χ4n) is 2.48. The largest absolute Gasteiger partial charge is 0.480 e. The highest BCUT2D eigenvalue weighted by Gasteiger charge is 2.33. The van der Waals surface area contributed by atoms with Crippen LogP contribution in [0.4, 0.5) is 0 Å². The molecule has 0 amide bonds. The molecule has 122 valence electrons. The molecule has 0 aliphatic carbocycles. The summed E-state index contributed by atoms with van der Waals surface area (Å²) in [6, 6.07) is 5.68. The highest BCUT2D eigenvalue weighted by atomic mass is 35.5. The van der Waals surface area contributed by atoms with E-state index in [9.17, 15) is 13.2 Å². The number of aliphatic carboxylic acids is 1. The maximum Gasteiger partial charge on any atom is 0.329 e. The molecule has 1 aromatic carbocycles. The first-order valence-corrected chi connectivity index (χ1v) is 8.80. The summed E-state index contributed by atoms with van der Waals surface area (Å²) in [5.74, 6) is -1.07. The van der Waals surface area contributed by atoms with Gasteiger partial charge in [0.2, 0.25) is 10.0 Å². The lowest BCUT2D eigenvalue weighted by Gasteiger charge is -2.34. The van der Waals surface area contributed by atoms with Crippen LogP contribution in [0.1, 0.15) is 19.3 Å². The fraction of sp³-hybridized carbons (Fsp3) is 0.500. The molecule has 0 aromatic heterocycles. The van der Waals surface area contributed by atoms with Crippen molar-refractivity contribution in [2.45, 2.75) is 30.2 Å². The van der Waals surface area contributed by atoms with Gasteiger partial charge in [0.25, 0.3) is 0 Å². The standard InChI is InChI=1S/C14H18ClNO5S/c15-11-4-6-13(7-5-11)22(19,20)16-8-2-1-3-12(16)9-21-10-14(17)18/h4-7,12H,1-3,8-10H2,(H,17,18). The maximum atomic E-state index is 12.7. The summed E-state index contributed by atoms with van der Waals surface area (Å²) in [5, 5.41) is 9.07. The first-order chi connectivity index (χ1) is 10.4. The number of carboxylic acids is 1. The molecule has 0 saturated carbocycles. The minimum Gasteiger partial charge on any atom is -0.480 e. The van der Waals surface area contributed by atoms with Crippen molar-refractivity contribution in [3.05, 3.63) is 29.3 Å². The molecule has 1 aliphatic rings. The van der Waals surface area contributed by atoms with Crippen molar-refractivity contribution in [2.75, 3.05) is 19.8 Å². The number of hydrogen-bond donors (Lipinski definition) is 1. The normalized spacial score (nSPS) is 20.0. The third-order valence-electron chi connectivity index (χ3n) is 3.53. The van der Waals surface area contributed by atoms with Crippen molar-refractivity contribution in [3.63, 3.8) is 0 Å². The highest BCUT2D eigenvalue weighted by Crippen LogP contribution is 2.26. The Hall–Kier alpha value is -1.15. The smallest absolute Gasteiger partial charge is 0.329 e. The first-order valence-electron chi connectivity index (χ1n) is 6.98. The van der Waals surface area contributed by atoms with Gasteiger partial charge in [-0.25, -0.2) is 13.2 Å². The Morgan fingerprint density at radius 2 is 2.00 bits per heavy atom. The minimum absolute atomic E-state index is 0.0825. The molecular weight excluding hydrogens is 330 g/mol. The molecule has 22 heavy (non-hydrogen) atoms. The van der Waals surface area contributed by atoms with Gasteiger partial charge in [-0.05, 0) is 37.1 Å². The Morgan fingerprint density at radius 1 is 1.32 bits per heavy atom. The first kappa shape index (κ1) is 17.2. The Balaban J connectivity index is 2.15. The van der Waals surface area contributed by atoms with Crippen molar-refractivity contribution in [3.8, 4) is 0 Å². The van der Waals surface area contributed by atoms with Crippen molar-refractivity contribution in [2.24, 2.45) is 0 Å². The number of carboxylic acid groups (broad SMARTS) is 1. The Morgan fingerprint density at radius 3 is 2.64 bits per heavy atom. The van der Waals surface area contributed by atoms with Crippen LogP contribution in [0.5, 0.6) is 0 Å². The van der Waals surface area contributed by atoms with Crippen LogP contribution in [0.3, 0.4) is 0 Å². The zero-order valence-corrected chi connectivity index (χ0v) is 13.5. The Labute approximate surface area is 134 Å². The van der Waals surface area contributed by atoms with Crippen molar-refractivity contribution in [1.29, 1.82) is 0 Å². The summed E-state index contributed by atoms with van der Waals surface area (Å²) in [6.07, 6.45) is 2.34. The second-order valence-electron chi connectivity index (χ2n) is 5.13. The van der Waals surface area contributed by atoms with Crippen LogP contribution in [0.15, 0.2) is 29.2 Å². The van der Waals surface area contributed by atoms with E-state index in [0.717, 1.165) is 12.8 Å². The summed E-state index contributed by atoms with van der Waals surface area (Å²) >= 11 is 5.79. The predicted octanol–water partition coefficient (Wildman–Crippen LogP) is 1.98. The van der Waals surface area contributed by atoms with Gasteiger partial charge in [0.05, 0.1) is 11.5 Å². The van der Waals surface area contributed by atoms with Gasteiger partial charge in [-0.15, -0.1) is 0 Å². The number of nitrogens with zero attached hydrogens (tertiary/aromatic N) is 1. The Bertz CT molecular complexity index is 617. The number of benzene rings is 1. The van der Waals surface area contributed by atoms with Gasteiger partial charge in [-0.3, -0.25) is 0 Å². The van der Waals surface area contributed by atoms with Crippen LogP contribution in [0.2, 0.25) is 5.02 Å². The molecule has 1 unspecified atom stereocenters. The molecule has 1 saturated heterocycles. The van der Waals surface area contributed by atoms with E-state index < -0.39 is 22.6 Å². The summed E-state index contributed by atoms with van der Waals surface area (Å²) in [6.45, 7) is 0.0660. The monoisotopic (exact) mass is 347 g/mol. The fourth-order valence-corrected chi connectivity index (χ4v) is 4.29. The maximum absolute atomic E-state index is 12.7. The number of carbonyl (C=O) groups is 1. The van der Waals surface area contributed by atoms with E-state index in [2.05, 4.69) is 0 Å².